The van der Waals surface area contributed by atoms with Crippen LogP contribution in [0.25, 0.3) is 0 Å². The number of ether oxygens (including phenoxy) is 2. The molecule has 2 rings (SSSR count). The number of benzene rings is 2. The highest BCUT2D eigenvalue weighted by Crippen LogP contribution is 2.24. The molecule has 2 aromatic carbocycles. The first-order valence-electron chi connectivity index (χ1n) is 10.1. The lowest BCUT2D eigenvalue weighted by Crippen LogP contribution is -2.55. The van der Waals surface area contributed by atoms with Crippen molar-refractivity contribution in [1.29, 1.82) is 0 Å². The van der Waals surface area contributed by atoms with Gasteiger partial charge >= 0.3 is 11.9 Å². The number of hydrogen-bond donors (Lipinski definition) is 1. The fraction of sp³-hybridized carbons (Fsp3) is 0.375. The van der Waals surface area contributed by atoms with Gasteiger partial charge in [-0.05, 0) is 43.5 Å². The fourth-order valence-electron chi connectivity index (χ4n) is 3.20. The first kappa shape index (κ1) is 24.1. The highest BCUT2D eigenvalue weighted by Gasteiger charge is 2.34. The Kier molecular flexibility index (Phi) is 7.94. The Bertz CT molecular complexity index is 954. The average Bonchev–Trinajstić information content (AvgIpc) is 2.73. The molecule has 0 aliphatic heterocycles. The molecule has 1 atom stereocenters. The highest BCUT2D eigenvalue weighted by atomic mass is 16.5. The summed E-state index contributed by atoms with van der Waals surface area (Å²) in [4.78, 5) is 37.5. The van der Waals surface area contributed by atoms with Crippen molar-refractivity contribution in [2.45, 2.75) is 33.4 Å². The Labute approximate surface area is 183 Å². The number of rotatable bonds is 8. The number of hydrogen-bond acceptors (Lipinski definition) is 5. The Hall–Kier alpha value is -3.19. The minimum Gasteiger partial charge on any atom is -0.465 e. The highest BCUT2D eigenvalue weighted by molar-refractivity contribution is 6.03. The summed E-state index contributed by atoms with van der Waals surface area (Å²) in [7, 11) is 4.88. The lowest BCUT2D eigenvalue weighted by Gasteiger charge is -2.34. The molecule has 0 bridgehead atoms. The number of likely N-dealkylation sites (N-methyl/N-ethyl adjacent to an activating group) is 1. The zero-order valence-corrected chi connectivity index (χ0v) is 19.0. The Morgan fingerprint density at radius 1 is 1.06 bits per heavy atom. The van der Waals surface area contributed by atoms with Gasteiger partial charge in [0, 0.05) is 0 Å². The summed E-state index contributed by atoms with van der Waals surface area (Å²) in [5.41, 5.74) is 3.26. The lowest BCUT2D eigenvalue weighted by molar-refractivity contribution is -0.896. The topological polar surface area (TPSA) is 81.7 Å². The molecule has 1 unspecified atom stereocenters. The van der Waals surface area contributed by atoms with E-state index in [1.165, 1.54) is 7.11 Å². The van der Waals surface area contributed by atoms with Gasteiger partial charge in [0.05, 0.1) is 32.5 Å². The normalized spacial score (nSPS) is 12.1. The van der Waals surface area contributed by atoms with E-state index in [0.29, 0.717) is 11.3 Å². The molecule has 0 saturated heterocycles. The molecule has 7 heteroatoms. The number of nitrogens with one attached hydrogen (secondary N) is 1. The van der Waals surface area contributed by atoms with Crippen molar-refractivity contribution in [3.8, 4) is 0 Å². The number of carbonyl (C=O) groups excluding carboxylic acids is 3. The molecule has 1 N–H and O–H groups in total. The second kappa shape index (κ2) is 10.2. The predicted molar refractivity (Wildman–Crippen MR) is 119 cm³/mol. The Morgan fingerprint density at radius 3 is 2.32 bits per heavy atom. The van der Waals surface area contributed by atoms with E-state index < -0.39 is 18.0 Å². The van der Waals surface area contributed by atoms with Crippen molar-refractivity contribution in [3.05, 3.63) is 64.7 Å². The number of carbonyl (C=O) groups is 3. The number of aryl methyl sites for hydroxylation is 2. The lowest BCUT2D eigenvalue weighted by atomic mass is 10.0. The van der Waals surface area contributed by atoms with Crippen LogP contribution in [-0.4, -0.2) is 56.1 Å². The molecule has 0 aliphatic rings. The van der Waals surface area contributed by atoms with Crippen molar-refractivity contribution in [2.75, 3.05) is 33.1 Å². The molecule has 0 radical (unpaired) electrons. The maximum absolute atomic E-state index is 13.0. The number of amides is 1. The molecular formula is C24H31N2O5+. The summed E-state index contributed by atoms with van der Waals surface area (Å²) in [6.45, 7) is 5.64. The molecular weight excluding hydrogens is 396 g/mol. The van der Waals surface area contributed by atoms with Crippen molar-refractivity contribution in [3.63, 3.8) is 0 Å². The van der Waals surface area contributed by atoms with Gasteiger partial charge in [-0.25, -0.2) is 9.59 Å². The third-order valence-electron chi connectivity index (χ3n) is 5.34. The van der Waals surface area contributed by atoms with E-state index in [9.17, 15) is 14.4 Å². The largest absolute Gasteiger partial charge is 0.465 e. The van der Waals surface area contributed by atoms with Crippen LogP contribution < -0.4 is 5.32 Å². The Balaban J connectivity index is 2.08. The van der Waals surface area contributed by atoms with Gasteiger partial charge in [0.15, 0.2) is 12.6 Å². The van der Waals surface area contributed by atoms with Gasteiger partial charge in [0.2, 0.25) is 0 Å². The molecule has 166 valence electrons. The number of esters is 2. The van der Waals surface area contributed by atoms with Gasteiger partial charge in [0.1, 0.15) is 6.61 Å². The van der Waals surface area contributed by atoms with Gasteiger partial charge in [-0.2, -0.15) is 0 Å². The maximum Gasteiger partial charge on any atom is 0.362 e. The molecule has 1 amide bonds. The van der Waals surface area contributed by atoms with Gasteiger partial charge in [-0.3, -0.25) is 4.79 Å². The van der Waals surface area contributed by atoms with E-state index in [1.807, 2.05) is 50.2 Å². The summed E-state index contributed by atoms with van der Waals surface area (Å²) in [5, 5.41) is 2.85. The van der Waals surface area contributed by atoms with Gasteiger partial charge in [-0.1, -0.05) is 36.4 Å². The van der Waals surface area contributed by atoms with Crippen LogP contribution >= 0.6 is 0 Å². The first-order valence-corrected chi connectivity index (χ1v) is 10.1. The van der Waals surface area contributed by atoms with Crippen LogP contribution in [0.4, 0.5) is 5.69 Å². The quantitative estimate of drug-likeness (QED) is 0.517. The zero-order valence-electron chi connectivity index (χ0n) is 19.0. The monoisotopic (exact) mass is 427 g/mol. The van der Waals surface area contributed by atoms with Crippen molar-refractivity contribution in [2.24, 2.45) is 0 Å². The maximum atomic E-state index is 13.0. The van der Waals surface area contributed by atoms with E-state index in [-0.39, 0.29) is 23.5 Å². The minimum absolute atomic E-state index is 0.0260. The van der Waals surface area contributed by atoms with Gasteiger partial charge in [0.25, 0.3) is 5.91 Å². The molecule has 0 spiro atoms. The molecule has 0 aromatic heterocycles. The molecule has 0 saturated carbocycles. The third kappa shape index (κ3) is 6.39. The van der Waals surface area contributed by atoms with E-state index in [1.54, 1.807) is 27.1 Å². The summed E-state index contributed by atoms with van der Waals surface area (Å²) >= 11 is 0. The predicted octanol–water partition coefficient (Wildman–Crippen LogP) is 3.24. The fourth-order valence-corrected chi connectivity index (χ4v) is 3.20. The molecule has 31 heavy (non-hydrogen) atoms. The molecule has 0 aliphatic carbocycles. The van der Waals surface area contributed by atoms with Crippen molar-refractivity contribution < 1.29 is 28.3 Å². The van der Waals surface area contributed by atoms with E-state index in [4.69, 9.17) is 9.47 Å². The van der Waals surface area contributed by atoms with Crippen molar-refractivity contribution >= 4 is 23.5 Å². The summed E-state index contributed by atoms with van der Waals surface area (Å²) in [6, 6.07) is 12.4. The summed E-state index contributed by atoms with van der Waals surface area (Å²) < 4.78 is 10.3. The van der Waals surface area contributed by atoms with E-state index in [2.05, 4.69) is 5.32 Å². The molecule has 0 heterocycles. The summed E-state index contributed by atoms with van der Waals surface area (Å²) in [6.07, 6.45) is 0. The van der Waals surface area contributed by atoms with Crippen LogP contribution in [0.3, 0.4) is 0 Å². The minimum atomic E-state index is -0.574. The number of nitrogens with zero attached hydrogens (tertiary/aromatic N) is 1. The van der Waals surface area contributed by atoms with Crippen molar-refractivity contribution in [1.82, 2.24) is 0 Å². The number of methoxy groups -OCH3 is 1. The van der Waals surface area contributed by atoms with Gasteiger partial charge < -0.3 is 19.3 Å². The molecule has 2 aromatic rings. The standard InChI is InChI=1S/C24H30N2O5/c1-16-12-17(2)22(20(13-16)24(29)30-6)25-23(28)18(3)26(4,5)14-21(27)31-15-19-10-8-7-9-11-19/h7-13,18H,14-15H2,1-6H3/p+1. The second-order valence-electron chi connectivity index (χ2n) is 8.24. The second-order valence-corrected chi connectivity index (χ2v) is 8.24. The third-order valence-corrected chi connectivity index (χ3v) is 5.34. The van der Waals surface area contributed by atoms with Crippen LogP contribution in [0.1, 0.15) is 34.0 Å². The average molecular weight is 428 g/mol. The van der Waals surface area contributed by atoms with Crippen LogP contribution in [-0.2, 0) is 25.7 Å². The zero-order chi connectivity index (χ0) is 23.2. The Morgan fingerprint density at radius 2 is 1.71 bits per heavy atom. The summed E-state index contributed by atoms with van der Waals surface area (Å²) in [5.74, 6) is -1.22. The molecule has 0 fully saturated rings. The number of quaternary nitrogens is 1. The van der Waals surface area contributed by atoms with Crippen LogP contribution in [0.15, 0.2) is 42.5 Å². The SMILES string of the molecule is COC(=O)c1cc(C)cc(C)c1NC(=O)C(C)[N+](C)(C)CC(=O)OCc1ccccc1. The smallest absolute Gasteiger partial charge is 0.362 e. The van der Waals surface area contributed by atoms with Gasteiger partial charge in [-0.15, -0.1) is 0 Å². The van der Waals surface area contributed by atoms with E-state index in [0.717, 1.165) is 16.7 Å². The van der Waals surface area contributed by atoms with Crippen LogP contribution in [0.5, 0.6) is 0 Å². The van der Waals surface area contributed by atoms with E-state index >= 15 is 0 Å². The van der Waals surface area contributed by atoms with Crippen LogP contribution in [0.2, 0.25) is 0 Å². The molecule has 7 nitrogen and oxygen atoms in total. The van der Waals surface area contributed by atoms with Crippen LogP contribution in [0, 0.1) is 13.8 Å². The first-order chi connectivity index (χ1) is 14.5. The number of anilines is 1.